The van der Waals surface area contributed by atoms with E-state index in [-0.39, 0.29) is 17.3 Å². The highest BCUT2D eigenvalue weighted by Crippen LogP contribution is 2.49. The summed E-state index contributed by atoms with van der Waals surface area (Å²) in [6.07, 6.45) is 3.97. The maximum Gasteiger partial charge on any atom is 0.419 e. The third-order valence-corrected chi connectivity index (χ3v) is 9.23. The maximum absolute atomic E-state index is 12.6. The minimum atomic E-state index is -3.16. The number of nitrogens with one attached hydrogen (secondary N) is 1. The van der Waals surface area contributed by atoms with Crippen molar-refractivity contribution >= 4 is 32.9 Å². The van der Waals surface area contributed by atoms with Crippen LogP contribution in [-0.2, 0) is 21.3 Å². The number of hydrogen-bond acceptors (Lipinski definition) is 8. The van der Waals surface area contributed by atoms with Gasteiger partial charge in [-0.2, -0.15) is 4.31 Å². The van der Waals surface area contributed by atoms with E-state index in [4.69, 9.17) is 9.15 Å². The summed E-state index contributed by atoms with van der Waals surface area (Å²) in [6.45, 7) is 10.5. The fourth-order valence-electron chi connectivity index (χ4n) is 5.97. The number of nitrogens with zero attached hydrogens (tertiary/aromatic N) is 4. The predicted octanol–water partition coefficient (Wildman–Crippen LogP) is 2.37. The van der Waals surface area contributed by atoms with Gasteiger partial charge in [0.1, 0.15) is 5.60 Å². The smallest absolute Gasteiger partial charge is 0.419 e. The molecule has 3 heterocycles. The molecule has 11 nitrogen and oxygen atoms in total. The summed E-state index contributed by atoms with van der Waals surface area (Å²) in [6, 6.07) is 6.08. The Hall–Kier alpha value is -2.57. The van der Waals surface area contributed by atoms with E-state index in [2.05, 4.69) is 10.2 Å². The van der Waals surface area contributed by atoms with Gasteiger partial charge in [0.25, 0.3) is 0 Å². The number of amides is 1. The highest BCUT2D eigenvalue weighted by molar-refractivity contribution is 7.88. The molecule has 2 aromatic rings. The quantitative estimate of drug-likeness (QED) is 0.584. The second-order valence-corrected chi connectivity index (χ2v) is 14.1. The van der Waals surface area contributed by atoms with E-state index in [1.807, 2.05) is 43.9 Å². The SMILES string of the molecule is CC(C)(C)OC(=O)N1CCC2(CC(Nc3ccc4c(c3)oc(=O)n4CCN3CCN(S(C)(=O)=O)CC3)C2)C1. The first kappa shape index (κ1) is 27.0. The lowest BCUT2D eigenvalue weighted by molar-refractivity contribution is 0.0237. The van der Waals surface area contributed by atoms with Gasteiger partial charge in [0.2, 0.25) is 10.0 Å². The van der Waals surface area contributed by atoms with Crippen molar-refractivity contribution in [3.05, 3.63) is 28.7 Å². The van der Waals surface area contributed by atoms with E-state index in [0.29, 0.717) is 50.9 Å². The average Bonchev–Trinajstić information content (AvgIpc) is 3.37. The molecule has 2 saturated heterocycles. The van der Waals surface area contributed by atoms with Crippen LogP contribution in [0.2, 0.25) is 0 Å². The van der Waals surface area contributed by atoms with Crippen molar-refractivity contribution in [3.8, 4) is 0 Å². The van der Waals surface area contributed by atoms with E-state index in [1.165, 1.54) is 10.6 Å². The van der Waals surface area contributed by atoms with Gasteiger partial charge < -0.3 is 19.4 Å². The zero-order valence-corrected chi connectivity index (χ0v) is 23.6. The monoisotopic (exact) mass is 549 g/mol. The van der Waals surface area contributed by atoms with E-state index in [0.717, 1.165) is 43.6 Å². The molecule has 5 rings (SSSR count). The van der Waals surface area contributed by atoms with Gasteiger partial charge in [-0.1, -0.05) is 0 Å². The van der Waals surface area contributed by atoms with Gasteiger partial charge in [-0.25, -0.2) is 18.0 Å². The summed E-state index contributed by atoms with van der Waals surface area (Å²) in [4.78, 5) is 29.0. The largest absolute Gasteiger partial charge is 0.444 e. The Morgan fingerprint density at radius 3 is 2.50 bits per heavy atom. The molecule has 3 fully saturated rings. The molecule has 1 aromatic carbocycles. The van der Waals surface area contributed by atoms with Crippen LogP contribution < -0.4 is 11.1 Å². The van der Waals surface area contributed by atoms with E-state index >= 15 is 0 Å². The van der Waals surface area contributed by atoms with Gasteiger partial charge in [0, 0.05) is 70.2 Å². The number of fused-ring (bicyclic) bond motifs is 1. The van der Waals surface area contributed by atoms with Gasteiger partial charge in [0.15, 0.2) is 5.58 Å². The zero-order chi connectivity index (χ0) is 27.3. The molecule has 2 aliphatic heterocycles. The minimum Gasteiger partial charge on any atom is -0.444 e. The number of oxazole rings is 1. The van der Waals surface area contributed by atoms with E-state index < -0.39 is 15.6 Å². The number of benzene rings is 1. The Labute approximate surface area is 223 Å². The molecule has 0 atom stereocenters. The Morgan fingerprint density at radius 1 is 1.13 bits per heavy atom. The molecule has 1 amide bonds. The van der Waals surface area contributed by atoms with Crippen molar-refractivity contribution < 1.29 is 22.4 Å². The van der Waals surface area contributed by atoms with Crippen molar-refractivity contribution in [1.29, 1.82) is 0 Å². The summed E-state index contributed by atoms with van der Waals surface area (Å²) < 4.78 is 37.7. The topological polar surface area (TPSA) is 117 Å². The lowest BCUT2D eigenvalue weighted by Crippen LogP contribution is -2.49. The number of rotatable bonds is 6. The fraction of sp³-hybridized carbons (Fsp3) is 0.692. The molecular formula is C26H39N5O6S. The molecule has 3 aliphatic rings. The number of likely N-dealkylation sites (tertiary alicyclic amines) is 1. The average molecular weight is 550 g/mol. The van der Waals surface area contributed by atoms with Crippen molar-refractivity contribution in [2.24, 2.45) is 5.41 Å². The summed E-state index contributed by atoms with van der Waals surface area (Å²) in [5, 5.41) is 3.56. The summed E-state index contributed by atoms with van der Waals surface area (Å²) >= 11 is 0. The molecular weight excluding hydrogens is 510 g/mol. The van der Waals surface area contributed by atoms with Crippen LogP contribution >= 0.6 is 0 Å². The molecule has 1 N–H and O–H groups in total. The third kappa shape index (κ3) is 5.86. The Morgan fingerprint density at radius 2 is 1.84 bits per heavy atom. The van der Waals surface area contributed by atoms with Crippen LogP contribution in [0, 0.1) is 5.41 Å². The molecule has 0 unspecified atom stereocenters. The van der Waals surface area contributed by atoms with Crippen molar-refractivity contribution in [2.75, 3.05) is 57.4 Å². The second kappa shape index (κ2) is 9.87. The number of anilines is 1. The molecule has 0 bridgehead atoms. The number of carbonyl (C=O) groups excluding carboxylic acids is 1. The Kier molecular flexibility index (Phi) is 7.02. The lowest BCUT2D eigenvalue weighted by Gasteiger charge is -2.45. The van der Waals surface area contributed by atoms with Crippen molar-refractivity contribution in [3.63, 3.8) is 0 Å². The van der Waals surface area contributed by atoms with Gasteiger partial charge in [0.05, 0.1) is 11.8 Å². The number of sulfonamides is 1. The van der Waals surface area contributed by atoms with Crippen LogP contribution in [0.5, 0.6) is 0 Å². The van der Waals surface area contributed by atoms with Crippen LogP contribution in [0.25, 0.3) is 11.1 Å². The van der Waals surface area contributed by atoms with Crippen molar-refractivity contribution in [1.82, 2.24) is 18.7 Å². The number of hydrogen-bond donors (Lipinski definition) is 1. The molecule has 12 heteroatoms. The van der Waals surface area contributed by atoms with Crippen LogP contribution in [-0.4, -0.2) is 96.9 Å². The van der Waals surface area contributed by atoms with E-state index in [1.54, 1.807) is 4.57 Å². The molecule has 210 valence electrons. The van der Waals surface area contributed by atoms with E-state index in [9.17, 15) is 18.0 Å². The normalized spacial score (nSPS) is 25.2. The molecule has 38 heavy (non-hydrogen) atoms. The molecule has 0 radical (unpaired) electrons. The van der Waals surface area contributed by atoms with Crippen LogP contribution in [0.1, 0.15) is 40.0 Å². The summed E-state index contributed by atoms with van der Waals surface area (Å²) in [5.74, 6) is -0.386. The summed E-state index contributed by atoms with van der Waals surface area (Å²) in [5.41, 5.74) is 1.88. The Bertz CT molecular complexity index is 1350. The standard InChI is InChI=1S/C26H39N5O6S/c1-25(2,3)37-23(32)29-8-7-26(18-29)16-20(17-26)27-19-5-6-21-22(15-19)36-24(33)31(21)14-11-28-9-12-30(13-10-28)38(4,34)35/h5-6,15,20,27H,7-14,16-18H2,1-4H3. The molecule has 1 saturated carbocycles. The van der Waals surface area contributed by atoms with Crippen LogP contribution in [0.4, 0.5) is 10.5 Å². The number of piperazine rings is 1. The highest BCUT2D eigenvalue weighted by Gasteiger charge is 2.50. The van der Waals surface area contributed by atoms with Crippen LogP contribution in [0.15, 0.2) is 27.4 Å². The first-order chi connectivity index (χ1) is 17.8. The highest BCUT2D eigenvalue weighted by atomic mass is 32.2. The first-order valence-corrected chi connectivity index (χ1v) is 15.2. The molecule has 1 aromatic heterocycles. The fourth-order valence-corrected chi connectivity index (χ4v) is 6.79. The van der Waals surface area contributed by atoms with Gasteiger partial charge in [-0.05, 0) is 57.6 Å². The van der Waals surface area contributed by atoms with Crippen LogP contribution in [0.3, 0.4) is 0 Å². The molecule has 1 spiro atoms. The number of aromatic nitrogens is 1. The van der Waals surface area contributed by atoms with Gasteiger partial charge in [-0.15, -0.1) is 0 Å². The van der Waals surface area contributed by atoms with Gasteiger partial charge >= 0.3 is 11.8 Å². The summed E-state index contributed by atoms with van der Waals surface area (Å²) in [7, 11) is -3.16. The Balaban J connectivity index is 1.13. The lowest BCUT2D eigenvalue weighted by atomic mass is 9.65. The maximum atomic E-state index is 12.6. The van der Waals surface area contributed by atoms with Crippen molar-refractivity contribution in [2.45, 2.75) is 58.2 Å². The minimum absolute atomic E-state index is 0.154. The predicted molar refractivity (Wildman–Crippen MR) is 145 cm³/mol. The van der Waals surface area contributed by atoms with Gasteiger partial charge in [-0.3, -0.25) is 9.47 Å². The zero-order valence-electron chi connectivity index (χ0n) is 22.7. The number of carbonyl (C=O) groups is 1. The second-order valence-electron chi connectivity index (χ2n) is 12.1. The first-order valence-electron chi connectivity index (χ1n) is 13.4. The number of ether oxygens (including phenoxy) is 1. The molecule has 1 aliphatic carbocycles. The third-order valence-electron chi connectivity index (χ3n) is 7.93.